The molecule has 68 valence electrons. The van der Waals surface area contributed by atoms with Crippen LogP contribution in [0.3, 0.4) is 0 Å². The fourth-order valence-corrected chi connectivity index (χ4v) is 1.19. The molecule has 0 saturated carbocycles. The topological polar surface area (TPSA) is 81.4 Å². The van der Waals surface area contributed by atoms with Gasteiger partial charge in [0.2, 0.25) is 5.91 Å². The van der Waals surface area contributed by atoms with E-state index in [2.05, 4.69) is 0 Å². The lowest BCUT2D eigenvalue weighted by Crippen LogP contribution is -2.35. The summed E-state index contributed by atoms with van der Waals surface area (Å²) in [5, 5.41) is 2.01. The Hall–Kier alpha value is -1.10. The monoisotopic (exact) mass is 172 g/mol. The van der Waals surface area contributed by atoms with Crippen LogP contribution in [-0.4, -0.2) is 25.2 Å². The number of amides is 3. The first-order valence-corrected chi connectivity index (χ1v) is 3.85. The number of nitrogens with two attached hydrogens (primary N) is 1. The van der Waals surface area contributed by atoms with Crippen molar-refractivity contribution in [1.29, 1.82) is 0 Å². The summed E-state index contributed by atoms with van der Waals surface area (Å²) in [7, 11) is 0. The van der Waals surface area contributed by atoms with Crippen molar-refractivity contribution in [3.05, 3.63) is 0 Å². The van der Waals surface area contributed by atoms with E-state index in [4.69, 9.17) is 10.5 Å². The number of primary amides is 1. The highest BCUT2D eigenvalue weighted by molar-refractivity contribution is 5.93. The van der Waals surface area contributed by atoms with Gasteiger partial charge in [-0.25, -0.2) is 4.79 Å². The number of imide groups is 1. The fraction of sp³-hybridized carbons (Fsp3) is 0.714. The number of nitrogens with one attached hydrogen (secondary N) is 1. The Bertz CT molecular complexity index is 187. The molecule has 5 heteroatoms. The molecule has 0 aromatic rings. The lowest BCUT2D eigenvalue weighted by Gasteiger charge is -2.05. The molecule has 1 rings (SSSR count). The number of carbonyl (C=O) groups excluding carboxylic acids is 2. The highest BCUT2D eigenvalue weighted by Crippen LogP contribution is 2.15. The summed E-state index contributed by atoms with van der Waals surface area (Å²) in [5.74, 6) is -0.0812. The minimum Gasteiger partial charge on any atom is -0.381 e. The highest BCUT2D eigenvalue weighted by atomic mass is 16.5. The molecule has 3 N–H and O–H groups in total. The molecule has 0 aliphatic carbocycles. The normalized spacial score (nSPS) is 22.2. The molecule has 0 aromatic heterocycles. The number of urea groups is 1. The van der Waals surface area contributed by atoms with E-state index in [1.54, 1.807) is 0 Å². The van der Waals surface area contributed by atoms with Gasteiger partial charge in [-0.05, 0) is 12.3 Å². The van der Waals surface area contributed by atoms with E-state index in [0.29, 0.717) is 19.6 Å². The third kappa shape index (κ3) is 2.87. The van der Waals surface area contributed by atoms with Gasteiger partial charge in [0.15, 0.2) is 0 Å². The molecule has 1 atom stereocenters. The zero-order chi connectivity index (χ0) is 8.97. The second kappa shape index (κ2) is 4.06. The van der Waals surface area contributed by atoms with Gasteiger partial charge in [-0.1, -0.05) is 0 Å². The lowest BCUT2D eigenvalue weighted by molar-refractivity contribution is -0.120. The summed E-state index contributed by atoms with van der Waals surface area (Å²) in [6.45, 7) is 1.31. The molecule has 5 nitrogen and oxygen atoms in total. The predicted molar refractivity (Wildman–Crippen MR) is 41.3 cm³/mol. The first-order valence-electron chi connectivity index (χ1n) is 3.85. The molecular weight excluding hydrogens is 160 g/mol. The average Bonchev–Trinajstić information content (AvgIpc) is 2.37. The van der Waals surface area contributed by atoms with Gasteiger partial charge < -0.3 is 10.5 Å². The molecule has 12 heavy (non-hydrogen) atoms. The molecular formula is C7H12N2O3. The smallest absolute Gasteiger partial charge is 0.318 e. The summed E-state index contributed by atoms with van der Waals surface area (Å²) < 4.78 is 5.07. The number of carbonyl (C=O) groups is 2. The fourth-order valence-electron chi connectivity index (χ4n) is 1.19. The van der Waals surface area contributed by atoms with Crippen LogP contribution in [0.15, 0.2) is 0 Å². The number of hydrogen-bond acceptors (Lipinski definition) is 3. The van der Waals surface area contributed by atoms with Gasteiger partial charge in [0, 0.05) is 19.6 Å². The van der Waals surface area contributed by atoms with Crippen molar-refractivity contribution < 1.29 is 14.3 Å². The molecule has 1 aliphatic rings. The maximum absolute atomic E-state index is 10.9. The molecule has 1 fully saturated rings. The van der Waals surface area contributed by atoms with E-state index < -0.39 is 6.03 Å². The van der Waals surface area contributed by atoms with Crippen molar-refractivity contribution in [3.8, 4) is 0 Å². The Morgan fingerprint density at radius 3 is 2.83 bits per heavy atom. The second-order valence-corrected chi connectivity index (χ2v) is 2.85. The van der Waals surface area contributed by atoms with Crippen LogP contribution < -0.4 is 11.1 Å². The lowest BCUT2D eigenvalue weighted by atomic mass is 10.1. The van der Waals surface area contributed by atoms with Crippen LogP contribution >= 0.6 is 0 Å². The summed E-state index contributed by atoms with van der Waals surface area (Å²) in [5.41, 5.74) is 4.77. The summed E-state index contributed by atoms with van der Waals surface area (Å²) in [6, 6.07) is -0.793. The molecule has 3 amide bonds. The standard InChI is InChI=1S/C7H12N2O3/c8-7(11)9-6(10)3-5-1-2-12-4-5/h5H,1-4H2,(H3,8,9,10,11). The van der Waals surface area contributed by atoms with E-state index in [9.17, 15) is 9.59 Å². The third-order valence-corrected chi connectivity index (χ3v) is 1.76. The zero-order valence-electron chi connectivity index (χ0n) is 6.71. The maximum atomic E-state index is 10.9. The number of hydrogen-bond donors (Lipinski definition) is 2. The van der Waals surface area contributed by atoms with E-state index in [1.165, 1.54) is 0 Å². The molecule has 1 heterocycles. The molecule has 0 bridgehead atoms. The predicted octanol–water partition coefficient (Wildman–Crippen LogP) is -0.392. The minimum atomic E-state index is -0.793. The minimum absolute atomic E-state index is 0.240. The van der Waals surface area contributed by atoms with Crippen molar-refractivity contribution >= 4 is 11.9 Å². The van der Waals surface area contributed by atoms with Gasteiger partial charge in [-0.15, -0.1) is 0 Å². The van der Waals surface area contributed by atoms with Gasteiger partial charge >= 0.3 is 6.03 Å². The quantitative estimate of drug-likeness (QED) is 0.595. The second-order valence-electron chi connectivity index (χ2n) is 2.85. The Labute approximate surface area is 70.2 Å². The van der Waals surface area contributed by atoms with Crippen molar-refractivity contribution in [1.82, 2.24) is 5.32 Å². The van der Waals surface area contributed by atoms with Crippen molar-refractivity contribution in [3.63, 3.8) is 0 Å². The van der Waals surface area contributed by atoms with Crippen LogP contribution in [0.1, 0.15) is 12.8 Å². The Balaban J connectivity index is 2.20. The molecule has 1 aliphatic heterocycles. The van der Waals surface area contributed by atoms with Gasteiger partial charge in [-0.2, -0.15) is 0 Å². The van der Waals surface area contributed by atoms with Crippen LogP contribution in [0.5, 0.6) is 0 Å². The van der Waals surface area contributed by atoms with Crippen LogP contribution in [0.2, 0.25) is 0 Å². The van der Waals surface area contributed by atoms with E-state index in [-0.39, 0.29) is 11.8 Å². The number of ether oxygens (including phenoxy) is 1. The summed E-state index contributed by atoms with van der Waals surface area (Å²) in [6.07, 6.45) is 1.20. The first kappa shape index (κ1) is 8.99. The highest BCUT2D eigenvalue weighted by Gasteiger charge is 2.19. The van der Waals surface area contributed by atoms with Gasteiger partial charge in [-0.3, -0.25) is 10.1 Å². The van der Waals surface area contributed by atoms with Crippen molar-refractivity contribution in [2.45, 2.75) is 12.8 Å². The van der Waals surface area contributed by atoms with Crippen molar-refractivity contribution in [2.24, 2.45) is 11.7 Å². The summed E-state index contributed by atoms with van der Waals surface area (Å²) in [4.78, 5) is 21.2. The average molecular weight is 172 g/mol. The zero-order valence-corrected chi connectivity index (χ0v) is 6.71. The van der Waals surface area contributed by atoms with Gasteiger partial charge in [0.1, 0.15) is 0 Å². The van der Waals surface area contributed by atoms with Crippen LogP contribution in [0.25, 0.3) is 0 Å². The summed E-state index contributed by atoms with van der Waals surface area (Å²) >= 11 is 0. The van der Waals surface area contributed by atoms with Crippen LogP contribution in [-0.2, 0) is 9.53 Å². The maximum Gasteiger partial charge on any atom is 0.318 e. The Kier molecular flexibility index (Phi) is 3.04. The SMILES string of the molecule is NC(=O)NC(=O)CC1CCOC1. The van der Waals surface area contributed by atoms with E-state index in [1.807, 2.05) is 5.32 Å². The van der Waals surface area contributed by atoms with Crippen molar-refractivity contribution in [2.75, 3.05) is 13.2 Å². The Morgan fingerprint density at radius 2 is 2.33 bits per heavy atom. The molecule has 0 radical (unpaired) electrons. The van der Waals surface area contributed by atoms with Crippen LogP contribution in [0, 0.1) is 5.92 Å². The number of rotatable bonds is 2. The Morgan fingerprint density at radius 1 is 1.58 bits per heavy atom. The van der Waals surface area contributed by atoms with Crippen LogP contribution in [0.4, 0.5) is 4.79 Å². The molecule has 1 unspecified atom stereocenters. The molecule has 1 saturated heterocycles. The van der Waals surface area contributed by atoms with E-state index >= 15 is 0 Å². The van der Waals surface area contributed by atoms with Gasteiger partial charge in [0.25, 0.3) is 0 Å². The third-order valence-electron chi connectivity index (χ3n) is 1.76. The van der Waals surface area contributed by atoms with Gasteiger partial charge in [0.05, 0.1) is 0 Å². The van der Waals surface area contributed by atoms with E-state index in [0.717, 1.165) is 6.42 Å². The molecule has 0 spiro atoms. The molecule has 0 aromatic carbocycles. The first-order chi connectivity index (χ1) is 5.68. The largest absolute Gasteiger partial charge is 0.381 e.